The van der Waals surface area contributed by atoms with Gasteiger partial charge in [-0.05, 0) is 37.3 Å². The van der Waals surface area contributed by atoms with Gasteiger partial charge in [0.05, 0.1) is 12.1 Å². The SMILES string of the molecule is Cc1ccc(C2=C(N3CCC(C)CC3)C(=O)N(Cc3ccccc3F)C2=O)cc1. The lowest BCUT2D eigenvalue weighted by Gasteiger charge is -2.32. The minimum absolute atomic E-state index is 0.0621. The van der Waals surface area contributed by atoms with E-state index >= 15 is 0 Å². The smallest absolute Gasteiger partial charge is 0.278 e. The Hall–Kier alpha value is -2.95. The van der Waals surface area contributed by atoms with Gasteiger partial charge < -0.3 is 4.90 Å². The molecule has 2 amide bonds. The highest BCUT2D eigenvalue weighted by Gasteiger charge is 2.42. The number of imide groups is 1. The molecule has 0 atom stereocenters. The average molecular weight is 392 g/mol. The highest BCUT2D eigenvalue weighted by atomic mass is 19.1. The molecule has 0 radical (unpaired) electrons. The Bertz CT molecular complexity index is 973. The third-order valence-electron chi connectivity index (χ3n) is 5.87. The first-order chi connectivity index (χ1) is 14.0. The summed E-state index contributed by atoms with van der Waals surface area (Å²) in [5.74, 6) is -0.485. The number of halogens is 1. The fourth-order valence-electron chi connectivity index (χ4n) is 4.01. The van der Waals surface area contributed by atoms with Crippen LogP contribution in [0.2, 0.25) is 0 Å². The molecule has 0 N–H and O–H groups in total. The normalized spacial score (nSPS) is 18.2. The molecular formula is C24H25FN2O2. The van der Waals surface area contributed by atoms with Crippen molar-refractivity contribution in [2.45, 2.75) is 33.2 Å². The summed E-state index contributed by atoms with van der Waals surface area (Å²) in [7, 11) is 0. The van der Waals surface area contributed by atoms with E-state index in [1.807, 2.05) is 36.1 Å². The van der Waals surface area contributed by atoms with E-state index in [1.165, 1.54) is 11.0 Å². The molecule has 4 nitrogen and oxygen atoms in total. The predicted octanol–water partition coefficient (Wildman–Crippen LogP) is 4.15. The first-order valence-corrected chi connectivity index (χ1v) is 10.1. The molecule has 2 aromatic rings. The average Bonchev–Trinajstić information content (AvgIpc) is 2.96. The molecule has 0 unspecified atom stereocenters. The van der Waals surface area contributed by atoms with Crippen LogP contribution in [0.3, 0.4) is 0 Å². The molecule has 0 saturated carbocycles. The molecular weight excluding hydrogens is 367 g/mol. The van der Waals surface area contributed by atoms with Gasteiger partial charge in [-0.1, -0.05) is 55.0 Å². The van der Waals surface area contributed by atoms with E-state index in [9.17, 15) is 14.0 Å². The lowest BCUT2D eigenvalue weighted by Crippen LogP contribution is -2.38. The van der Waals surface area contributed by atoms with E-state index in [4.69, 9.17) is 0 Å². The summed E-state index contributed by atoms with van der Waals surface area (Å²) in [6, 6.07) is 13.9. The molecule has 2 heterocycles. The maximum Gasteiger partial charge on any atom is 0.278 e. The van der Waals surface area contributed by atoms with Gasteiger partial charge in [-0.25, -0.2) is 4.39 Å². The summed E-state index contributed by atoms with van der Waals surface area (Å²) in [4.78, 5) is 29.9. The minimum Gasteiger partial charge on any atom is -0.366 e. The number of hydrogen-bond acceptors (Lipinski definition) is 3. The highest BCUT2D eigenvalue weighted by molar-refractivity contribution is 6.35. The summed E-state index contributed by atoms with van der Waals surface area (Å²) in [5, 5.41) is 0. The molecule has 1 saturated heterocycles. The Balaban J connectivity index is 1.73. The first kappa shape index (κ1) is 19.4. The molecule has 0 aliphatic carbocycles. The third-order valence-corrected chi connectivity index (χ3v) is 5.87. The molecule has 0 aromatic heterocycles. The molecule has 29 heavy (non-hydrogen) atoms. The number of amides is 2. The molecule has 1 fully saturated rings. The van der Waals surface area contributed by atoms with Crippen LogP contribution in [0.5, 0.6) is 0 Å². The van der Waals surface area contributed by atoms with Crippen LogP contribution < -0.4 is 0 Å². The van der Waals surface area contributed by atoms with Gasteiger partial charge in [0, 0.05) is 18.7 Å². The lowest BCUT2D eigenvalue weighted by molar-refractivity contribution is -0.138. The number of aryl methyl sites for hydroxylation is 1. The van der Waals surface area contributed by atoms with Crippen molar-refractivity contribution in [3.63, 3.8) is 0 Å². The van der Waals surface area contributed by atoms with E-state index in [0.29, 0.717) is 22.8 Å². The van der Waals surface area contributed by atoms with Gasteiger partial charge in [-0.15, -0.1) is 0 Å². The number of benzene rings is 2. The number of piperidine rings is 1. The van der Waals surface area contributed by atoms with Crippen molar-refractivity contribution in [2.24, 2.45) is 5.92 Å². The summed E-state index contributed by atoms with van der Waals surface area (Å²) >= 11 is 0. The van der Waals surface area contributed by atoms with Gasteiger partial charge in [0.2, 0.25) is 0 Å². The third kappa shape index (κ3) is 3.69. The Morgan fingerprint density at radius 3 is 2.28 bits per heavy atom. The van der Waals surface area contributed by atoms with Crippen LogP contribution >= 0.6 is 0 Å². The zero-order valence-electron chi connectivity index (χ0n) is 16.8. The van der Waals surface area contributed by atoms with E-state index in [0.717, 1.165) is 37.1 Å². The number of likely N-dealkylation sites (tertiary alicyclic amines) is 1. The maximum absolute atomic E-state index is 14.2. The van der Waals surface area contributed by atoms with Crippen LogP contribution in [0.15, 0.2) is 54.2 Å². The van der Waals surface area contributed by atoms with Crippen molar-refractivity contribution in [3.05, 3.63) is 76.7 Å². The largest absolute Gasteiger partial charge is 0.366 e. The van der Waals surface area contributed by atoms with E-state index in [2.05, 4.69) is 6.92 Å². The molecule has 0 bridgehead atoms. The van der Waals surface area contributed by atoms with Gasteiger partial charge in [0.25, 0.3) is 11.8 Å². The molecule has 2 aliphatic rings. The molecule has 2 aliphatic heterocycles. The van der Waals surface area contributed by atoms with Crippen LogP contribution in [0.1, 0.15) is 36.5 Å². The predicted molar refractivity (Wildman–Crippen MR) is 110 cm³/mol. The van der Waals surface area contributed by atoms with Crippen molar-refractivity contribution in [3.8, 4) is 0 Å². The van der Waals surface area contributed by atoms with Crippen LogP contribution in [-0.2, 0) is 16.1 Å². The van der Waals surface area contributed by atoms with Crippen molar-refractivity contribution < 1.29 is 14.0 Å². The number of rotatable bonds is 4. The summed E-state index contributed by atoms with van der Waals surface area (Å²) in [5.41, 5.74) is 3.05. The zero-order valence-corrected chi connectivity index (χ0v) is 16.8. The van der Waals surface area contributed by atoms with Gasteiger partial charge in [0.1, 0.15) is 11.5 Å². The number of carbonyl (C=O) groups is 2. The van der Waals surface area contributed by atoms with Crippen LogP contribution in [0.25, 0.3) is 5.57 Å². The van der Waals surface area contributed by atoms with E-state index in [1.54, 1.807) is 18.2 Å². The Kier molecular flexibility index (Phi) is 5.22. The standard InChI is InChI=1S/C24H25FN2O2/c1-16-7-9-18(10-8-16)21-22(26-13-11-17(2)12-14-26)24(29)27(23(21)28)15-19-5-3-4-6-20(19)25/h3-10,17H,11-15H2,1-2H3. The molecule has 2 aromatic carbocycles. The zero-order chi connectivity index (χ0) is 20.5. The van der Waals surface area contributed by atoms with Gasteiger partial charge in [-0.2, -0.15) is 0 Å². The highest BCUT2D eigenvalue weighted by Crippen LogP contribution is 2.34. The lowest BCUT2D eigenvalue weighted by atomic mass is 9.97. The topological polar surface area (TPSA) is 40.6 Å². The van der Waals surface area contributed by atoms with Crippen LogP contribution in [0.4, 0.5) is 4.39 Å². The first-order valence-electron chi connectivity index (χ1n) is 10.1. The van der Waals surface area contributed by atoms with Crippen LogP contribution in [-0.4, -0.2) is 34.7 Å². The van der Waals surface area contributed by atoms with Crippen molar-refractivity contribution in [1.82, 2.24) is 9.80 Å². The van der Waals surface area contributed by atoms with Crippen molar-refractivity contribution in [2.75, 3.05) is 13.1 Å². The van der Waals surface area contributed by atoms with Gasteiger partial charge >= 0.3 is 0 Å². The second kappa shape index (κ2) is 7.82. The fraction of sp³-hybridized carbons (Fsp3) is 0.333. The van der Waals surface area contributed by atoms with Gasteiger partial charge in [-0.3, -0.25) is 14.5 Å². The maximum atomic E-state index is 14.2. The second-order valence-corrected chi connectivity index (χ2v) is 8.05. The Labute approximate surface area is 170 Å². The van der Waals surface area contributed by atoms with Crippen molar-refractivity contribution in [1.29, 1.82) is 0 Å². The molecule has 0 spiro atoms. The summed E-state index contributed by atoms with van der Waals surface area (Å²) in [6.45, 7) is 5.63. The second-order valence-electron chi connectivity index (χ2n) is 8.05. The van der Waals surface area contributed by atoms with E-state index < -0.39 is 5.82 Å². The number of nitrogens with zero attached hydrogens (tertiary/aromatic N) is 2. The molecule has 5 heteroatoms. The van der Waals surface area contributed by atoms with E-state index in [-0.39, 0.29) is 18.4 Å². The minimum atomic E-state index is -0.412. The summed E-state index contributed by atoms with van der Waals surface area (Å²) < 4.78 is 14.2. The fourth-order valence-corrected chi connectivity index (χ4v) is 4.01. The molecule has 4 rings (SSSR count). The van der Waals surface area contributed by atoms with Gasteiger partial charge in [0.15, 0.2) is 0 Å². The summed E-state index contributed by atoms with van der Waals surface area (Å²) in [6.07, 6.45) is 1.97. The Morgan fingerprint density at radius 2 is 1.62 bits per heavy atom. The Morgan fingerprint density at radius 1 is 0.966 bits per heavy atom. The molecule has 150 valence electrons. The number of carbonyl (C=O) groups excluding carboxylic acids is 2. The quantitative estimate of drug-likeness (QED) is 0.734. The number of hydrogen-bond donors (Lipinski definition) is 0. The van der Waals surface area contributed by atoms with Crippen LogP contribution in [0, 0.1) is 18.7 Å². The van der Waals surface area contributed by atoms with Crippen molar-refractivity contribution >= 4 is 17.4 Å². The monoisotopic (exact) mass is 392 g/mol.